The average Bonchev–Trinajstić information content (AvgIpc) is 2.95. The van der Waals surface area contributed by atoms with Crippen LogP contribution in [0.3, 0.4) is 0 Å². The number of carbonyl (C=O) groups excluding carboxylic acids is 1. The fourth-order valence-corrected chi connectivity index (χ4v) is 4.90. The van der Waals surface area contributed by atoms with Crippen molar-refractivity contribution in [1.82, 2.24) is 5.32 Å². The molecule has 1 aliphatic rings. The predicted molar refractivity (Wildman–Crippen MR) is 146 cm³/mol. The van der Waals surface area contributed by atoms with E-state index in [9.17, 15) is 27.9 Å². The molecule has 6 nitrogen and oxygen atoms in total. The summed E-state index contributed by atoms with van der Waals surface area (Å²) in [4.78, 5) is 23.1. The zero-order valence-corrected chi connectivity index (χ0v) is 22.6. The van der Waals surface area contributed by atoms with Crippen LogP contribution in [0.25, 0.3) is 0 Å². The van der Waals surface area contributed by atoms with Crippen LogP contribution >= 0.6 is 0 Å². The molecule has 216 valence electrons. The highest BCUT2D eigenvalue weighted by Gasteiger charge is 2.58. The van der Waals surface area contributed by atoms with Crippen molar-refractivity contribution in [2.24, 2.45) is 11.3 Å². The predicted octanol–water partition coefficient (Wildman–Crippen LogP) is 6.28. The second-order valence-corrected chi connectivity index (χ2v) is 10.1. The molecule has 2 aromatic carbocycles. The Bertz CT molecular complexity index is 1160. The summed E-state index contributed by atoms with van der Waals surface area (Å²) in [6.45, 7) is 3.48. The van der Waals surface area contributed by atoms with Crippen LogP contribution in [0.5, 0.6) is 5.75 Å². The van der Waals surface area contributed by atoms with Crippen molar-refractivity contribution in [3.8, 4) is 5.75 Å². The molecule has 3 atom stereocenters. The number of allylic oxidation sites excluding steroid dienone is 2. The van der Waals surface area contributed by atoms with Gasteiger partial charge in [0, 0.05) is 11.5 Å². The molecule has 1 aliphatic carbocycles. The molecule has 2 aromatic rings. The van der Waals surface area contributed by atoms with E-state index >= 15 is 0 Å². The molecule has 0 fully saturated rings. The summed E-state index contributed by atoms with van der Waals surface area (Å²) in [7, 11) is 0. The van der Waals surface area contributed by atoms with E-state index in [0.29, 0.717) is 6.42 Å². The number of aliphatic hydroxyl groups excluding tert-OH is 1. The maximum Gasteiger partial charge on any atom is 0.404 e. The Morgan fingerprint density at radius 2 is 1.65 bits per heavy atom. The summed E-state index contributed by atoms with van der Waals surface area (Å²) in [6.07, 6.45) is 0.495. The van der Waals surface area contributed by atoms with Gasteiger partial charge in [0.15, 0.2) is 6.10 Å². The highest BCUT2D eigenvalue weighted by atomic mass is 19.4. The average molecular weight is 560 g/mol. The van der Waals surface area contributed by atoms with Crippen LogP contribution in [-0.4, -0.2) is 47.0 Å². The SMILES string of the molecule is CCCC(CC)CC(Oc1ccc(C(=O)NCC(O)C(=O)O)cc1)C1(C(F)(F)F)C=CC(c2ccccc2)C=C1. The van der Waals surface area contributed by atoms with E-state index in [0.717, 1.165) is 18.4 Å². The molecule has 3 rings (SSSR count). The van der Waals surface area contributed by atoms with Crippen molar-refractivity contribution in [3.63, 3.8) is 0 Å². The third-order valence-electron chi connectivity index (χ3n) is 7.32. The summed E-state index contributed by atoms with van der Waals surface area (Å²) in [5, 5.41) is 20.4. The van der Waals surface area contributed by atoms with E-state index in [1.807, 2.05) is 44.2 Å². The van der Waals surface area contributed by atoms with Crippen LogP contribution in [0, 0.1) is 11.3 Å². The maximum absolute atomic E-state index is 14.9. The van der Waals surface area contributed by atoms with Gasteiger partial charge in [-0.05, 0) is 42.2 Å². The van der Waals surface area contributed by atoms with E-state index in [1.54, 1.807) is 12.2 Å². The summed E-state index contributed by atoms with van der Waals surface area (Å²) in [6, 6.07) is 14.9. The Labute approximate surface area is 232 Å². The number of ether oxygens (including phenoxy) is 1. The highest BCUT2D eigenvalue weighted by Crippen LogP contribution is 2.50. The number of hydrogen-bond donors (Lipinski definition) is 3. The van der Waals surface area contributed by atoms with Crippen LogP contribution in [0.2, 0.25) is 0 Å². The first-order chi connectivity index (χ1) is 19.0. The van der Waals surface area contributed by atoms with E-state index in [4.69, 9.17) is 9.84 Å². The molecule has 0 saturated carbocycles. The van der Waals surface area contributed by atoms with Gasteiger partial charge < -0.3 is 20.3 Å². The molecular weight excluding hydrogens is 523 g/mol. The normalized spacial score (nSPS) is 20.9. The Hall–Kier alpha value is -3.59. The summed E-state index contributed by atoms with van der Waals surface area (Å²) in [5.74, 6) is -2.19. The van der Waals surface area contributed by atoms with E-state index < -0.39 is 42.2 Å². The van der Waals surface area contributed by atoms with Crippen LogP contribution in [-0.2, 0) is 4.79 Å². The Balaban J connectivity index is 1.89. The third-order valence-corrected chi connectivity index (χ3v) is 7.32. The van der Waals surface area contributed by atoms with Crippen molar-refractivity contribution < 1.29 is 37.7 Å². The van der Waals surface area contributed by atoms with Crippen LogP contribution < -0.4 is 10.1 Å². The minimum absolute atomic E-state index is 0.0218. The minimum atomic E-state index is -4.62. The number of benzene rings is 2. The zero-order valence-electron chi connectivity index (χ0n) is 22.6. The van der Waals surface area contributed by atoms with E-state index in [-0.39, 0.29) is 29.6 Å². The van der Waals surface area contributed by atoms with Crippen molar-refractivity contribution in [3.05, 3.63) is 90.0 Å². The number of rotatable bonds is 13. The van der Waals surface area contributed by atoms with Crippen LogP contribution in [0.1, 0.15) is 61.4 Å². The number of aliphatic hydroxyl groups is 1. The monoisotopic (exact) mass is 559 g/mol. The Kier molecular flexibility index (Phi) is 10.6. The lowest BCUT2D eigenvalue weighted by atomic mass is 9.72. The number of aliphatic carboxylic acids is 1. The largest absolute Gasteiger partial charge is 0.489 e. The van der Waals surface area contributed by atoms with Gasteiger partial charge in [-0.2, -0.15) is 13.2 Å². The molecule has 0 radical (unpaired) electrons. The van der Waals surface area contributed by atoms with Gasteiger partial charge in [-0.1, -0.05) is 87.7 Å². The van der Waals surface area contributed by atoms with Gasteiger partial charge in [0.05, 0.1) is 6.54 Å². The molecule has 0 spiro atoms. The minimum Gasteiger partial charge on any atom is -0.489 e. The first kappa shape index (κ1) is 30.9. The highest BCUT2D eigenvalue weighted by molar-refractivity contribution is 5.94. The quantitative estimate of drug-likeness (QED) is 0.251. The topological polar surface area (TPSA) is 95.9 Å². The molecule has 0 heterocycles. The second kappa shape index (κ2) is 13.7. The molecular formula is C31H36F3NO5. The number of alkyl halides is 3. The molecule has 3 unspecified atom stereocenters. The van der Waals surface area contributed by atoms with Gasteiger partial charge in [-0.15, -0.1) is 0 Å². The lowest BCUT2D eigenvalue weighted by Gasteiger charge is -2.41. The first-order valence-electron chi connectivity index (χ1n) is 13.5. The van der Waals surface area contributed by atoms with Gasteiger partial charge in [0.2, 0.25) is 0 Å². The number of carbonyl (C=O) groups is 2. The summed E-state index contributed by atoms with van der Waals surface area (Å²) in [5.41, 5.74) is -1.30. The molecule has 40 heavy (non-hydrogen) atoms. The van der Waals surface area contributed by atoms with Crippen molar-refractivity contribution in [2.75, 3.05) is 6.54 Å². The standard InChI is InChI=1S/C31H36F3NO5/c1-3-8-21(4-2)19-27(40-25-13-11-24(12-14-25)28(37)35-20-26(36)29(38)39)30(31(32,33)34)17-15-23(16-18-30)22-9-6-5-7-10-22/h5-7,9-18,21,23,26-27,36H,3-4,8,19-20H2,1-2H3,(H,35,37)(H,38,39). The lowest BCUT2D eigenvalue weighted by molar-refractivity contribution is -0.215. The molecule has 9 heteroatoms. The summed E-state index contributed by atoms with van der Waals surface area (Å²) < 4.78 is 50.8. The molecule has 1 amide bonds. The molecule has 0 saturated heterocycles. The van der Waals surface area contributed by atoms with Gasteiger partial charge in [-0.3, -0.25) is 4.79 Å². The van der Waals surface area contributed by atoms with Gasteiger partial charge in [-0.25, -0.2) is 4.79 Å². The van der Waals surface area contributed by atoms with Gasteiger partial charge in [0.1, 0.15) is 17.3 Å². The van der Waals surface area contributed by atoms with Gasteiger partial charge >= 0.3 is 12.1 Å². The number of carboxylic acid groups (broad SMARTS) is 1. The van der Waals surface area contributed by atoms with Crippen molar-refractivity contribution >= 4 is 11.9 Å². The molecule has 0 aliphatic heterocycles. The molecule has 0 aromatic heterocycles. The van der Waals surface area contributed by atoms with Crippen LogP contribution in [0.4, 0.5) is 13.2 Å². The Morgan fingerprint density at radius 1 is 1.02 bits per heavy atom. The molecule has 0 bridgehead atoms. The molecule has 3 N–H and O–H groups in total. The zero-order chi connectivity index (χ0) is 29.3. The summed E-state index contributed by atoms with van der Waals surface area (Å²) >= 11 is 0. The second-order valence-electron chi connectivity index (χ2n) is 10.1. The van der Waals surface area contributed by atoms with Crippen molar-refractivity contribution in [1.29, 1.82) is 0 Å². The number of hydrogen-bond acceptors (Lipinski definition) is 4. The number of nitrogens with one attached hydrogen (secondary N) is 1. The maximum atomic E-state index is 14.9. The lowest BCUT2D eigenvalue weighted by Crippen LogP contribution is -2.49. The fraction of sp³-hybridized carbons (Fsp3) is 0.419. The Morgan fingerprint density at radius 3 is 2.17 bits per heavy atom. The number of halogens is 3. The van der Waals surface area contributed by atoms with Gasteiger partial charge in [0.25, 0.3) is 5.91 Å². The third kappa shape index (κ3) is 7.53. The van der Waals surface area contributed by atoms with E-state index in [2.05, 4.69) is 5.32 Å². The smallest absolute Gasteiger partial charge is 0.404 e. The van der Waals surface area contributed by atoms with Crippen molar-refractivity contribution in [2.45, 2.75) is 63.8 Å². The first-order valence-corrected chi connectivity index (χ1v) is 13.5. The van der Waals surface area contributed by atoms with Crippen LogP contribution in [0.15, 0.2) is 78.9 Å². The number of amides is 1. The fourth-order valence-electron chi connectivity index (χ4n) is 4.90. The van der Waals surface area contributed by atoms with E-state index in [1.165, 1.54) is 36.4 Å². The number of carboxylic acids is 1.